The van der Waals surface area contributed by atoms with Gasteiger partial charge in [-0.15, -0.1) is 0 Å². The quantitative estimate of drug-likeness (QED) is 0.465. The average molecular weight is 221 g/mol. The Labute approximate surface area is 102 Å². The molecule has 0 saturated heterocycles. The first-order chi connectivity index (χ1) is 7.90. The van der Waals surface area contributed by atoms with Crippen LogP contribution in [0.3, 0.4) is 0 Å². The predicted octanol–water partition coefficient (Wildman–Crippen LogP) is 2.85. The van der Waals surface area contributed by atoms with Crippen LogP contribution in [-0.2, 0) is 0 Å². The largest absolute Gasteiger partial charge is 0.653 e. The number of nitrogens with zero attached hydrogens (tertiary/aromatic N) is 1. The first kappa shape index (κ1) is 9.65. The second kappa shape index (κ2) is 3.79. The molecule has 0 aliphatic rings. The number of fused-ring (bicyclic) bond motifs is 3. The zero-order valence-electron chi connectivity index (χ0n) is 8.55. The summed E-state index contributed by atoms with van der Waals surface area (Å²) in [5.74, 6) is 0.840. The molecule has 16 heavy (non-hydrogen) atoms. The molecule has 1 aromatic heterocycles. The number of rotatable bonds is 1. The predicted molar refractivity (Wildman–Crippen MR) is 65.6 cm³/mol. The zero-order valence-corrected chi connectivity index (χ0v) is 9.71. The molecule has 1 heterocycles. The van der Waals surface area contributed by atoms with Crippen molar-refractivity contribution < 1.29 is 3.79 Å². The van der Waals surface area contributed by atoms with Crippen LogP contribution in [-0.4, -0.2) is 21.6 Å². The van der Waals surface area contributed by atoms with Gasteiger partial charge in [0.15, 0.2) is 0 Å². The molecule has 2 aromatic carbocycles. The molecule has 0 spiro atoms. The molecule has 0 unspecified atom stereocenters. The fraction of sp³-hybridized carbons (Fsp3) is 0. The fourth-order valence-electron chi connectivity index (χ4n) is 1.98. The third-order valence-electron chi connectivity index (χ3n) is 2.70. The summed E-state index contributed by atoms with van der Waals surface area (Å²) < 4.78 is 5.31. The summed E-state index contributed by atoms with van der Waals surface area (Å²) in [5, 5.41) is 3.34. The van der Waals surface area contributed by atoms with Gasteiger partial charge in [0.05, 0.1) is 11.3 Å². The maximum Gasteiger partial charge on any atom is 0.482 e. The van der Waals surface area contributed by atoms with Gasteiger partial charge in [0.2, 0.25) is 0 Å². The second-order valence-corrected chi connectivity index (χ2v) is 3.85. The minimum Gasteiger partial charge on any atom is -0.653 e. The smallest absolute Gasteiger partial charge is 0.482 e. The van der Waals surface area contributed by atoms with Crippen LogP contribution in [0.1, 0.15) is 0 Å². The summed E-state index contributed by atoms with van der Waals surface area (Å²) in [6, 6.07) is 14.2. The van der Waals surface area contributed by atoms with Gasteiger partial charge >= 0.3 is 16.6 Å². The zero-order chi connectivity index (χ0) is 11.0. The van der Waals surface area contributed by atoms with E-state index in [1.165, 1.54) is 0 Å². The molecule has 0 saturated carbocycles. The summed E-state index contributed by atoms with van der Waals surface area (Å²) in [6.07, 6.45) is 1.81. The van der Waals surface area contributed by atoms with Crippen LogP contribution in [0.25, 0.3) is 21.7 Å². The van der Waals surface area contributed by atoms with Crippen LogP contribution in [0.15, 0.2) is 48.7 Å². The molecule has 2 nitrogen and oxygen atoms in total. The van der Waals surface area contributed by atoms with Gasteiger partial charge in [-0.3, -0.25) is 4.98 Å². The van der Waals surface area contributed by atoms with Crippen molar-refractivity contribution in [2.75, 3.05) is 0 Å². The van der Waals surface area contributed by atoms with Crippen molar-refractivity contribution in [1.82, 2.24) is 4.98 Å². The van der Waals surface area contributed by atoms with Gasteiger partial charge < -0.3 is 3.79 Å². The highest BCUT2D eigenvalue weighted by Crippen LogP contribution is 2.31. The van der Waals surface area contributed by atoms with Gasteiger partial charge in [-0.25, -0.2) is 0 Å². The number of benzene rings is 2. The Balaban J connectivity index is 2.57. The first-order valence-corrected chi connectivity index (χ1v) is 5.50. The Kier molecular flexibility index (Phi) is 2.28. The van der Waals surface area contributed by atoms with Crippen molar-refractivity contribution in [2.45, 2.75) is 0 Å². The molecule has 0 fully saturated rings. The minimum atomic E-state index is 0.840. The van der Waals surface area contributed by atoms with Gasteiger partial charge in [0.25, 0.3) is 0 Å². The van der Waals surface area contributed by atoms with E-state index in [-0.39, 0.29) is 0 Å². The van der Waals surface area contributed by atoms with Crippen LogP contribution in [0.4, 0.5) is 0 Å². The highest BCUT2D eigenvalue weighted by atomic mass is 27.1. The van der Waals surface area contributed by atoms with E-state index < -0.39 is 0 Å². The molecule has 3 aromatic rings. The van der Waals surface area contributed by atoms with Crippen LogP contribution < -0.4 is 3.79 Å². The van der Waals surface area contributed by atoms with Crippen LogP contribution in [0, 0.1) is 0 Å². The van der Waals surface area contributed by atoms with Crippen LogP contribution in [0.5, 0.6) is 5.75 Å². The van der Waals surface area contributed by atoms with Crippen molar-refractivity contribution in [3.05, 3.63) is 48.7 Å². The van der Waals surface area contributed by atoms with E-state index in [4.69, 9.17) is 3.79 Å². The van der Waals surface area contributed by atoms with Crippen molar-refractivity contribution in [2.24, 2.45) is 0 Å². The first-order valence-electron chi connectivity index (χ1n) is 5.03. The Morgan fingerprint density at radius 3 is 2.62 bits per heavy atom. The van der Waals surface area contributed by atoms with E-state index in [9.17, 15) is 0 Å². The number of hydrogen-bond donors (Lipinski definition) is 0. The molecule has 74 valence electrons. The van der Waals surface area contributed by atoms with Crippen molar-refractivity contribution in [3.8, 4) is 5.75 Å². The molecule has 3 rings (SSSR count). The molecule has 0 bridgehead atoms. The van der Waals surface area contributed by atoms with Crippen LogP contribution in [0.2, 0.25) is 0 Å². The van der Waals surface area contributed by atoms with Crippen molar-refractivity contribution >= 4 is 38.3 Å². The maximum atomic E-state index is 5.31. The van der Waals surface area contributed by atoms with Gasteiger partial charge in [0, 0.05) is 17.0 Å². The average Bonchev–Trinajstić information content (AvgIpc) is 2.37. The highest BCUT2D eigenvalue weighted by molar-refractivity contribution is 6.10. The molecule has 3 heteroatoms. The Hall–Kier alpha value is -1.56. The number of pyridine rings is 1. The maximum absolute atomic E-state index is 5.31. The summed E-state index contributed by atoms with van der Waals surface area (Å²) in [7, 11) is 0. The molecular formula is C13H8AlNO. The highest BCUT2D eigenvalue weighted by Gasteiger charge is 2.05. The molecular weight excluding hydrogens is 213 g/mol. The number of hydrogen-bond acceptors (Lipinski definition) is 2. The SMILES string of the molecule is [Al][O]c1cccc2ccc3cccnc3c12. The Morgan fingerprint density at radius 2 is 1.75 bits per heavy atom. The molecule has 0 N–H and O–H groups in total. The molecule has 0 atom stereocenters. The van der Waals surface area contributed by atoms with Crippen LogP contribution >= 0.6 is 0 Å². The fourth-order valence-corrected chi connectivity index (χ4v) is 2.18. The third kappa shape index (κ3) is 1.37. The van der Waals surface area contributed by atoms with Crippen molar-refractivity contribution in [3.63, 3.8) is 0 Å². The van der Waals surface area contributed by atoms with Gasteiger partial charge in [0.1, 0.15) is 0 Å². The molecule has 0 aliphatic carbocycles. The summed E-state index contributed by atoms with van der Waals surface area (Å²) in [5.41, 5.74) is 0.984. The third-order valence-corrected chi connectivity index (χ3v) is 2.96. The molecule has 0 aliphatic heterocycles. The van der Waals surface area contributed by atoms with E-state index >= 15 is 0 Å². The standard InChI is InChI=1S/C13H9NO.Al/c15-11-5-1-3-9-6-7-10-4-2-8-14-13(10)12(9)11;/h1-8,15H;/q;+1/p-1. The molecule has 0 amide bonds. The normalized spacial score (nSPS) is 10.8. The number of aromatic nitrogens is 1. The Bertz CT molecular complexity index is 666. The van der Waals surface area contributed by atoms with E-state index in [1.807, 2.05) is 18.2 Å². The van der Waals surface area contributed by atoms with Gasteiger partial charge in [-0.05, 0) is 17.5 Å². The lowest BCUT2D eigenvalue weighted by atomic mass is 10.1. The van der Waals surface area contributed by atoms with Crippen molar-refractivity contribution in [1.29, 1.82) is 0 Å². The van der Waals surface area contributed by atoms with Gasteiger partial charge in [-0.1, -0.05) is 30.3 Å². The summed E-state index contributed by atoms with van der Waals surface area (Å²) >= 11 is 2.29. The lowest BCUT2D eigenvalue weighted by Crippen LogP contribution is -1.88. The monoisotopic (exact) mass is 221 g/mol. The topological polar surface area (TPSA) is 22.1 Å². The van der Waals surface area contributed by atoms with E-state index in [1.54, 1.807) is 6.20 Å². The summed E-state index contributed by atoms with van der Waals surface area (Å²) in [4.78, 5) is 4.43. The van der Waals surface area contributed by atoms with E-state index in [2.05, 4.69) is 45.9 Å². The lowest BCUT2D eigenvalue weighted by Gasteiger charge is -2.09. The van der Waals surface area contributed by atoms with E-state index in [0.717, 1.165) is 27.4 Å². The van der Waals surface area contributed by atoms with Gasteiger partial charge in [-0.2, -0.15) is 0 Å². The summed E-state index contributed by atoms with van der Waals surface area (Å²) in [6.45, 7) is 0. The molecule has 2 radical (unpaired) electrons. The second-order valence-electron chi connectivity index (χ2n) is 3.61. The Morgan fingerprint density at radius 1 is 0.938 bits per heavy atom. The minimum absolute atomic E-state index is 0.840. The lowest BCUT2D eigenvalue weighted by molar-refractivity contribution is 0.624. The van der Waals surface area contributed by atoms with E-state index in [0.29, 0.717) is 0 Å².